The van der Waals surface area contributed by atoms with E-state index in [2.05, 4.69) is 30.5 Å². The molecule has 0 saturated heterocycles. The monoisotopic (exact) mass is 325 g/mol. The second kappa shape index (κ2) is 7.16. The molecule has 0 unspecified atom stereocenters. The predicted octanol–water partition coefficient (Wildman–Crippen LogP) is 3.64. The summed E-state index contributed by atoms with van der Waals surface area (Å²) in [6.45, 7) is 5.90. The number of hydrogen-bond donors (Lipinski definition) is 1. The Morgan fingerprint density at radius 2 is 1.88 bits per heavy atom. The first kappa shape index (κ1) is 16.7. The van der Waals surface area contributed by atoms with E-state index < -0.39 is 6.61 Å². The van der Waals surface area contributed by atoms with Gasteiger partial charge in [-0.1, -0.05) is 44.2 Å². The molecule has 0 spiro atoms. The quantitative estimate of drug-likeness (QED) is 0.533. The maximum Gasteiger partial charge on any atom is 0.188 e. The van der Waals surface area contributed by atoms with Crippen LogP contribution in [-0.4, -0.2) is 35.3 Å². The number of carbonyl (C=O) groups is 1. The summed E-state index contributed by atoms with van der Waals surface area (Å²) in [5, 5.41) is 11.4. The summed E-state index contributed by atoms with van der Waals surface area (Å²) in [6.07, 6.45) is 0. The smallest absolute Gasteiger partial charge is 0.188 e. The number of para-hydroxylation sites is 1. The fourth-order valence-electron chi connectivity index (χ4n) is 3.03. The number of aliphatic hydroxyl groups is 1. The van der Waals surface area contributed by atoms with Gasteiger partial charge in [0.15, 0.2) is 5.78 Å². The molecule has 0 atom stereocenters. The van der Waals surface area contributed by atoms with Crippen LogP contribution in [0, 0.1) is 5.92 Å². The number of ether oxygens (including phenoxy) is 1. The third-order valence-electron chi connectivity index (χ3n) is 4.15. The summed E-state index contributed by atoms with van der Waals surface area (Å²) < 4.78 is 7.93. The molecule has 1 N–H and O–H groups in total. The van der Waals surface area contributed by atoms with E-state index in [4.69, 9.17) is 9.84 Å². The van der Waals surface area contributed by atoms with E-state index in [1.54, 1.807) is 6.07 Å². The topological polar surface area (TPSA) is 51.5 Å². The van der Waals surface area contributed by atoms with Crippen LogP contribution < -0.4 is 0 Å². The van der Waals surface area contributed by atoms with Gasteiger partial charge in [-0.05, 0) is 18.1 Å². The number of Topliss-reactive ketones (excluding diaryl/α,β-unsaturated/α-hetero) is 1. The van der Waals surface area contributed by atoms with E-state index in [0.717, 1.165) is 29.6 Å². The van der Waals surface area contributed by atoms with Gasteiger partial charge in [0.25, 0.3) is 0 Å². The normalized spacial score (nSPS) is 11.7. The van der Waals surface area contributed by atoms with Gasteiger partial charge in [-0.2, -0.15) is 0 Å². The molecular formula is C20H23NO3. The molecule has 1 heterocycles. The highest BCUT2D eigenvalue weighted by molar-refractivity contribution is 6.10. The van der Waals surface area contributed by atoms with Crippen LogP contribution in [0.2, 0.25) is 0 Å². The summed E-state index contributed by atoms with van der Waals surface area (Å²) in [7, 11) is 0. The van der Waals surface area contributed by atoms with E-state index in [-0.39, 0.29) is 5.78 Å². The largest absolute Gasteiger partial charge is 0.388 e. The predicted molar refractivity (Wildman–Crippen MR) is 96.5 cm³/mol. The van der Waals surface area contributed by atoms with Crippen LogP contribution >= 0.6 is 0 Å². The minimum absolute atomic E-state index is 0.259. The molecule has 0 radical (unpaired) electrons. The SMILES string of the molecule is CC(C)COCCn1c2ccccc2c2ccc(C(=O)CO)cc21. The highest BCUT2D eigenvalue weighted by Crippen LogP contribution is 2.29. The Hall–Kier alpha value is -2.17. The van der Waals surface area contributed by atoms with Gasteiger partial charge in [-0.25, -0.2) is 0 Å². The molecule has 0 bridgehead atoms. The lowest BCUT2D eigenvalue weighted by atomic mass is 10.1. The molecular weight excluding hydrogens is 302 g/mol. The van der Waals surface area contributed by atoms with Gasteiger partial charge in [0.05, 0.1) is 6.61 Å². The summed E-state index contributed by atoms with van der Waals surface area (Å²) in [6, 6.07) is 13.8. The number of aliphatic hydroxyl groups excluding tert-OH is 1. The Morgan fingerprint density at radius 1 is 1.12 bits per heavy atom. The van der Waals surface area contributed by atoms with Crippen molar-refractivity contribution in [1.82, 2.24) is 4.57 Å². The Labute approximate surface area is 141 Å². The van der Waals surface area contributed by atoms with E-state index in [9.17, 15) is 4.79 Å². The lowest BCUT2D eigenvalue weighted by molar-refractivity contribution is 0.0904. The molecule has 4 heteroatoms. The third kappa shape index (κ3) is 3.21. The first-order valence-electron chi connectivity index (χ1n) is 8.34. The number of rotatable bonds is 7. The minimum atomic E-state index is -0.469. The van der Waals surface area contributed by atoms with Gasteiger partial charge in [0, 0.05) is 40.5 Å². The van der Waals surface area contributed by atoms with Gasteiger partial charge >= 0.3 is 0 Å². The Bertz CT molecular complexity index is 864. The molecule has 0 aliphatic rings. The van der Waals surface area contributed by atoms with Crippen LogP contribution in [-0.2, 0) is 11.3 Å². The fourth-order valence-corrected chi connectivity index (χ4v) is 3.03. The molecule has 24 heavy (non-hydrogen) atoms. The number of nitrogens with zero attached hydrogens (tertiary/aromatic N) is 1. The van der Waals surface area contributed by atoms with Gasteiger partial charge in [-0.3, -0.25) is 4.79 Å². The summed E-state index contributed by atoms with van der Waals surface area (Å²) >= 11 is 0. The zero-order valence-corrected chi connectivity index (χ0v) is 14.2. The average molecular weight is 325 g/mol. The molecule has 2 aromatic carbocycles. The minimum Gasteiger partial charge on any atom is -0.388 e. The third-order valence-corrected chi connectivity index (χ3v) is 4.15. The van der Waals surface area contributed by atoms with E-state index >= 15 is 0 Å². The number of fused-ring (bicyclic) bond motifs is 3. The molecule has 3 aromatic rings. The van der Waals surface area contributed by atoms with E-state index in [1.165, 1.54) is 5.39 Å². The van der Waals surface area contributed by atoms with Crippen molar-refractivity contribution in [2.45, 2.75) is 20.4 Å². The van der Waals surface area contributed by atoms with Crippen molar-refractivity contribution < 1.29 is 14.6 Å². The molecule has 3 rings (SSSR count). The second-order valence-electron chi connectivity index (χ2n) is 6.45. The molecule has 0 saturated carbocycles. The average Bonchev–Trinajstić information content (AvgIpc) is 2.91. The summed E-state index contributed by atoms with van der Waals surface area (Å²) in [5.74, 6) is 0.252. The van der Waals surface area contributed by atoms with Crippen LogP contribution in [0.15, 0.2) is 42.5 Å². The Morgan fingerprint density at radius 3 is 2.62 bits per heavy atom. The van der Waals surface area contributed by atoms with Gasteiger partial charge < -0.3 is 14.4 Å². The Kier molecular flexibility index (Phi) is 4.97. The highest BCUT2D eigenvalue weighted by atomic mass is 16.5. The second-order valence-corrected chi connectivity index (χ2v) is 6.45. The van der Waals surface area contributed by atoms with Crippen molar-refractivity contribution in [1.29, 1.82) is 0 Å². The van der Waals surface area contributed by atoms with Crippen LogP contribution in [0.3, 0.4) is 0 Å². The molecule has 1 aromatic heterocycles. The molecule has 0 fully saturated rings. The van der Waals surface area contributed by atoms with Crippen LogP contribution in [0.5, 0.6) is 0 Å². The van der Waals surface area contributed by atoms with Gasteiger partial charge in [-0.15, -0.1) is 0 Å². The van der Waals surface area contributed by atoms with Crippen molar-refractivity contribution in [2.75, 3.05) is 19.8 Å². The van der Waals surface area contributed by atoms with E-state index in [1.807, 2.05) is 24.3 Å². The first-order valence-corrected chi connectivity index (χ1v) is 8.34. The summed E-state index contributed by atoms with van der Waals surface area (Å²) in [4.78, 5) is 11.8. The van der Waals surface area contributed by atoms with Crippen molar-refractivity contribution in [3.8, 4) is 0 Å². The lowest BCUT2D eigenvalue weighted by Crippen LogP contribution is -2.10. The molecule has 126 valence electrons. The van der Waals surface area contributed by atoms with Crippen LogP contribution in [0.1, 0.15) is 24.2 Å². The van der Waals surface area contributed by atoms with Gasteiger partial charge in [0.1, 0.15) is 6.61 Å². The zero-order valence-electron chi connectivity index (χ0n) is 14.2. The molecule has 0 aliphatic heterocycles. The first-order chi connectivity index (χ1) is 11.6. The summed E-state index contributed by atoms with van der Waals surface area (Å²) in [5.41, 5.74) is 2.68. The van der Waals surface area contributed by atoms with Crippen LogP contribution in [0.25, 0.3) is 21.8 Å². The maximum absolute atomic E-state index is 11.8. The van der Waals surface area contributed by atoms with Crippen molar-refractivity contribution in [3.63, 3.8) is 0 Å². The Balaban J connectivity index is 2.03. The number of carbonyl (C=O) groups excluding carboxylic acids is 1. The molecule has 0 amide bonds. The number of hydrogen-bond acceptors (Lipinski definition) is 3. The molecule has 4 nitrogen and oxygen atoms in total. The highest BCUT2D eigenvalue weighted by Gasteiger charge is 2.13. The molecule has 0 aliphatic carbocycles. The van der Waals surface area contributed by atoms with Crippen LogP contribution in [0.4, 0.5) is 0 Å². The van der Waals surface area contributed by atoms with Crippen molar-refractivity contribution in [3.05, 3.63) is 48.0 Å². The lowest BCUT2D eigenvalue weighted by Gasteiger charge is -2.10. The zero-order chi connectivity index (χ0) is 17.1. The van der Waals surface area contributed by atoms with E-state index in [0.29, 0.717) is 18.1 Å². The maximum atomic E-state index is 11.8. The van der Waals surface area contributed by atoms with Crippen molar-refractivity contribution in [2.24, 2.45) is 5.92 Å². The number of ketones is 1. The standard InChI is InChI=1S/C20H23NO3/c1-14(2)13-24-10-9-21-18-6-4-3-5-16(18)17-8-7-15(11-19(17)21)20(23)12-22/h3-8,11,14,22H,9-10,12-13H2,1-2H3. The number of benzene rings is 2. The number of aromatic nitrogens is 1. The fraction of sp³-hybridized carbons (Fsp3) is 0.350. The van der Waals surface area contributed by atoms with Gasteiger partial charge in [0.2, 0.25) is 0 Å². The van der Waals surface area contributed by atoms with Crippen molar-refractivity contribution >= 4 is 27.6 Å².